The fourth-order valence-electron chi connectivity index (χ4n) is 0.671. The van der Waals surface area contributed by atoms with Gasteiger partial charge in [0.2, 0.25) is 5.91 Å². The Morgan fingerprint density at radius 3 is 2.89 bits per heavy atom. The molecule has 0 saturated carbocycles. The SMILES string of the molecule is C=C/C=C/C1CNC1=O. The van der Waals surface area contributed by atoms with Crippen LogP contribution in [0.5, 0.6) is 0 Å². The molecule has 48 valence electrons. The molecule has 9 heavy (non-hydrogen) atoms. The van der Waals surface area contributed by atoms with E-state index >= 15 is 0 Å². The topological polar surface area (TPSA) is 29.1 Å². The Morgan fingerprint density at radius 2 is 2.56 bits per heavy atom. The molecule has 1 amide bonds. The molecule has 0 aromatic carbocycles. The summed E-state index contributed by atoms with van der Waals surface area (Å²) in [6, 6.07) is 0. The summed E-state index contributed by atoms with van der Waals surface area (Å²) in [7, 11) is 0. The number of carbonyl (C=O) groups excluding carboxylic acids is 1. The molecule has 2 heteroatoms. The van der Waals surface area contributed by atoms with Crippen molar-refractivity contribution in [3.05, 3.63) is 24.8 Å². The maximum Gasteiger partial charge on any atom is 0.228 e. The predicted octanol–water partition coefficient (Wildman–Crippen LogP) is 0.475. The van der Waals surface area contributed by atoms with Crippen molar-refractivity contribution in [3.8, 4) is 0 Å². The summed E-state index contributed by atoms with van der Waals surface area (Å²) < 4.78 is 0. The van der Waals surface area contributed by atoms with Gasteiger partial charge >= 0.3 is 0 Å². The van der Waals surface area contributed by atoms with Gasteiger partial charge < -0.3 is 5.32 Å². The quantitative estimate of drug-likeness (QED) is 0.420. The minimum atomic E-state index is 0.1000. The van der Waals surface area contributed by atoms with Crippen LogP contribution >= 0.6 is 0 Å². The van der Waals surface area contributed by atoms with Gasteiger partial charge in [-0.1, -0.05) is 24.8 Å². The van der Waals surface area contributed by atoms with E-state index in [1.807, 2.05) is 6.08 Å². The van der Waals surface area contributed by atoms with Crippen molar-refractivity contribution in [2.45, 2.75) is 0 Å². The largest absolute Gasteiger partial charge is 0.354 e. The Morgan fingerprint density at radius 1 is 1.78 bits per heavy atom. The van der Waals surface area contributed by atoms with Gasteiger partial charge in [0.05, 0.1) is 5.92 Å². The second kappa shape index (κ2) is 2.49. The average Bonchev–Trinajstić information content (AvgIpc) is 1.86. The molecule has 1 rings (SSSR count). The molecule has 1 heterocycles. The molecule has 1 N–H and O–H groups in total. The molecule has 0 radical (unpaired) electrons. The van der Waals surface area contributed by atoms with E-state index in [4.69, 9.17) is 0 Å². The van der Waals surface area contributed by atoms with Crippen LogP contribution in [0.1, 0.15) is 0 Å². The van der Waals surface area contributed by atoms with E-state index in [-0.39, 0.29) is 11.8 Å². The van der Waals surface area contributed by atoms with Gasteiger partial charge in [-0.3, -0.25) is 4.79 Å². The van der Waals surface area contributed by atoms with Crippen LogP contribution in [0.15, 0.2) is 24.8 Å². The van der Waals surface area contributed by atoms with E-state index in [0.717, 1.165) is 6.54 Å². The number of carbonyl (C=O) groups is 1. The molecule has 0 aromatic heterocycles. The summed E-state index contributed by atoms with van der Waals surface area (Å²) in [5.74, 6) is 0.219. The van der Waals surface area contributed by atoms with Gasteiger partial charge in [0.25, 0.3) is 0 Å². The minimum Gasteiger partial charge on any atom is -0.354 e. The Kier molecular flexibility index (Phi) is 1.68. The maximum atomic E-state index is 10.5. The third kappa shape index (κ3) is 1.19. The molecule has 1 unspecified atom stereocenters. The van der Waals surface area contributed by atoms with Gasteiger partial charge in [0, 0.05) is 6.54 Å². The summed E-state index contributed by atoms with van der Waals surface area (Å²) in [6.07, 6.45) is 5.32. The van der Waals surface area contributed by atoms with Crippen molar-refractivity contribution < 1.29 is 4.79 Å². The summed E-state index contributed by atoms with van der Waals surface area (Å²) in [6.45, 7) is 4.28. The van der Waals surface area contributed by atoms with Gasteiger partial charge in [0.15, 0.2) is 0 Å². The molecule has 0 aliphatic carbocycles. The van der Waals surface area contributed by atoms with Gasteiger partial charge in [0.1, 0.15) is 0 Å². The summed E-state index contributed by atoms with van der Waals surface area (Å²) in [5, 5.41) is 2.64. The van der Waals surface area contributed by atoms with Gasteiger partial charge in [-0.2, -0.15) is 0 Å². The Balaban J connectivity index is 2.36. The molecule has 1 fully saturated rings. The van der Waals surface area contributed by atoms with Crippen molar-refractivity contribution in [2.24, 2.45) is 5.92 Å². The van der Waals surface area contributed by atoms with Crippen molar-refractivity contribution >= 4 is 5.91 Å². The highest BCUT2D eigenvalue weighted by molar-refractivity contribution is 5.86. The summed E-state index contributed by atoms with van der Waals surface area (Å²) in [5.41, 5.74) is 0. The Labute approximate surface area is 54.3 Å². The van der Waals surface area contributed by atoms with E-state index in [2.05, 4.69) is 11.9 Å². The first-order valence-electron chi connectivity index (χ1n) is 2.91. The molecular formula is C7H9NO. The average molecular weight is 123 g/mol. The van der Waals surface area contributed by atoms with Gasteiger partial charge in [-0.05, 0) is 0 Å². The molecule has 1 aliphatic rings. The number of nitrogens with one attached hydrogen (secondary N) is 1. The van der Waals surface area contributed by atoms with Crippen molar-refractivity contribution in [2.75, 3.05) is 6.54 Å². The number of β-lactam (4-membered cyclic amide) rings is 1. The highest BCUT2D eigenvalue weighted by atomic mass is 16.2. The van der Waals surface area contributed by atoms with Crippen LogP contribution in [-0.2, 0) is 4.79 Å². The lowest BCUT2D eigenvalue weighted by atomic mass is 10.0. The van der Waals surface area contributed by atoms with Crippen LogP contribution in [0, 0.1) is 5.92 Å². The fraction of sp³-hybridized carbons (Fsp3) is 0.286. The number of hydrogen-bond acceptors (Lipinski definition) is 1. The van der Waals surface area contributed by atoms with E-state index in [1.165, 1.54) is 0 Å². The number of allylic oxidation sites excluding steroid dienone is 2. The molecule has 0 spiro atoms. The normalized spacial score (nSPS) is 25.3. The molecular weight excluding hydrogens is 114 g/mol. The number of rotatable bonds is 2. The smallest absolute Gasteiger partial charge is 0.228 e. The third-order valence-corrected chi connectivity index (χ3v) is 1.31. The lowest BCUT2D eigenvalue weighted by molar-refractivity contribution is -0.129. The van der Waals surface area contributed by atoms with Crippen LogP contribution in [0.3, 0.4) is 0 Å². The van der Waals surface area contributed by atoms with Crippen LogP contribution in [0.25, 0.3) is 0 Å². The monoisotopic (exact) mass is 123 g/mol. The van der Waals surface area contributed by atoms with Gasteiger partial charge in [-0.15, -0.1) is 0 Å². The minimum absolute atomic E-state index is 0.1000. The van der Waals surface area contributed by atoms with Crippen molar-refractivity contribution in [1.82, 2.24) is 5.32 Å². The first-order chi connectivity index (χ1) is 4.34. The van der Waals surface area contributed by atoms with Crippen LogP contribution in [0.2, 0.25) is 0 Å². The predicted molar refractivity (Wildman–Crippen MR) is 35.8 cm³/mol. The van der Waals surface area contributed by atoms with Gasteiger partial charge in [-0.25, -0.2) is 0 Å². The molecule has 1 saturated heterocycles. The Bertz CT molecular complexity index is 160. The fourth-order valence-corrected chi connectivity index (χ4v) is 0.671. The Hall–Kier alpha value is -1.05. The van der Waals surface area contributed by atoms with Crippen molar-refractivity contribution in [3.63, 3.8) is 0 Å². The second-order valence-corrected chi connectivity index (χ2v) is 1.97. The van der Waals surface area contributed by atoms with Crippen LogP contribution < -0.4 is 5.32 Å². The molecule has 0 aromatic rings. The number of hydrogen-bond donors (Lipinski definition) is 1. The molecule has 1 atom stereocenters. The summed E-state index contributed by atoms with van der Waals surface area (Å²) in [4.78, 5) is 10.5. The highest BCUT2D eigenvalue weighted by Crippen LogP contribution is 2.05. The molecule has 1 aliphatic heterocycles. The van der Waals surface area contributed by atoms with Crippen molar-refractivity contribution in [1.29, 1.82) is 0 Å². The van der Waals surface area contributed by atoms with E-state index in [0.29, 0.717) is 0 Å². The first kappa shape index (κ1) is 6.08. The van der Waals surface area contributed by atoms with E-state index < -0.39 is 0 Å². The second-order valence-electron chi connectivity index (χ2n) is 1.97. The standard InChI is InChI=1S/C7H9NO/c1-2-3-4-6-5-8-7(6)9/h2-4,6H,1,5H2,(H,8,9)/b4-3+. The van der Waals surface area contributed by atoms with Crippen LogP contribution in [0.4, 0.5) is 0 Å². The summed E-state index contributed by atoms with van der Waals surface area (Å²) >= 11 is 0. The third-order valence-electron chi connectivity index (χ3n) is 1.31. The zero-order valence-corrected chi connectivity index (χ0v) is 5.13. The van der Waals surface area contributed by atoms with E-state index in [9.17, 15) is 4.79 Å². The van der Waals surface area contributed by atoms with E-state index in [1.54, 1.807) is 12.2 Å². The highest BCUT2D eigenvalue weighted by Gasteiger charge is 2.23. The number of amides is 1. The zero-order valence-electron chi connectivity index (χ0n) is 5.13. The maximum absolute atomic E-state index is 10.5. The molecule has 0 bridgehead atoms. The van der Waals surface area contributed by atoms with Crippen LogP contribution in [-0.4, -0.2) is 12.5 Å². The zero-order chi connectivity index (χ0) is 6.69. The molecule has 2 nitrogen and oxygen atoms in total. The first-order valence-corrected chi connectivity index (χ1v) is 2.91. The lowest BCUT2D eigenvalue weighted by Crippen LogP contribution is -2.47. The lowest BCUT2D eigenvalue weighted by Gasteiger charge is -2.22.